The van der Waals surface area contributed by atoms with E-state index in [2.05, 4.69) is 95.3 Å². The number of benzene rings is 2. The van der Waals surface area contributed by atoms with Gasteiger partial charge in [0.15, 0.2) is 0 Å². The van der Waals surface area contributed by atoms with Crippen LogP contribution >= 0.6 is 0 Å². The Labute approximate surface area is 213 Å². The minimum Gasteiger partial charge on any atom is -1.00 e. The van der Waals surface area contributed by atoms with Gasteiger partial charge in [-0.15, -0.1) is 35.4 Å². The van der Waals surface area contributed by atoms with E-state index < -0.39 is 0 Å². The van der Waals surface area contributed by atoms with Crippen molar-refractivity contribution in [3.8, 4) is 0 Å². The van der Waals surface area contributed by atoms with Gasteiger partial charge >= 0.3 is 25.8 Å². The van der Waals surface area contributed by atoms with Crippen LogP contribution in [-0.4, -0.2) is 0 Å². The Balaban J connectivity index is 0.000000511. The molecular formula is C27H28Cl2Hf. The van der Waals surface area contributed by atoms with E-state index in [4.69, 9.17) is 0 Å². The Kier molecular flexibility index (Phi) is 12.8. The number of hydrogen-bond acceptors (Lipinski definition) is 0. The molecule has 0 aliphatic heterocycles. The second kappa shape index (κ2) is 13.3. The van der Waals surface area contributed by atoms with Gasteiger partial charge in [-0.1, -0.05) is 76.4 Å². The molecule has 0 bridgehead atoms. The minimum absolute atomic E-state index is 0. The Hall–Kier alpha value is -1.15. The first kappa shape index (κ1) is 28.9. The van der Waals surface area contributed by atoms with Gasteiger partial charge in [-0.2, -0.15) is 45.6 Å². The maximum atomic E-state index is 3.44. The van der Waals surface area contributed by atoms with Crippen LogP contribution in [0, 0.1) is 19.1 Å². The predicted molar refractivity (Wildman–Crippen MR) is 117 cm³/mol. The summed E-state index contributed by atoms with van der Waals surface area (Å²) in [6.45, 7) is 10.7. The normalized spacial score (nSPS) is 14.6. The summed E-state index contributed by atoms with van der Waals surface area (Å²) in [6, 6.07) is 19.2. The first-order chi connectivity index (χ1) is 12.9. The van der Waals surface area contributed by atoms with Crippen LogP contribution in [0.2, 0.25) is 0 Å². The Bertz CT molecular complexity index is 946. The zero-order valence-electron chi connectivity index (χ0n) is 18.4. The van der Waals surface area contributed by atoms with Crippen molar-refractivity contribution in [2.24, 2.45) is 0 Å². The molecule has 0 nitrogen and oxygen atoms in total. The van der Waals surface area contributed by atoms with Crippen LogP contribution in [0.15, 0.2) is 76.9 Å². The van der Waals surface area contributed by atoms with Gasteiger partial charge in [0.05, 0.1) is 0 Å². The Morgan fingerprint density at radius 3 is 1.33 bits per heavy atom. The van der Waals surface area contributed by atoms with Gasteiger partial charge in [-0.25, -0.2) is 0 Å². The number of halogens is 2. The smallest absolute Gasteiger partial charge is 1.00 e. The van der Waals surface area contributed by atoms with Crippen LogP contribution in [-0.2, 0) is 25.8 Å². The van der Waals surface area contributed by atoms with E-state index in [1.807, 2.05) is 6.07 Å². The van der Waals surface area contributed by atoms with Crippen LogP contribution in [0.25, 0.3) is 11.1 Å². The van der Waals surface area contributed by atoms with Gasteiger partial charge in [0.2, 0.25) is 0 Å². The molecule has 0 saturated carbocycles. The van der Waals surface area contributed by atoms with Crippen molar-refractivity contribution in [1.29, 1.82) is 0 Å². The molecule has 0 N–H and O–H groups in total. The summed E-state index contributed by atoms with van der Waals surface area (Å²) in [5, 5.41) is 0. The fourth-order valence-electron chi connectivity index (χ4n) is 3.29. The Morgan fingerprint density at radius 2 is 0.967 bits per heavy atom. The second-order valence-electron chi connectivity index (χ2n) is 7.60. The van der Waals surface area contributed by atoms with Crippen molar-refractivity contribution in [2.45, 2.75) is 47.5 Å². The van der Waals surface area contributed by atoms with Crippen LogP contribution in [0.3, 0.4) is 0 Å². The molecule has 0 unspecified atom stereocenters. The van der Waals surface area contributed by atoms with Crippen molar-refractivity contribution in [1.82, 2.24) is 0 Å². The molecule has 0 fully saturated rings. The van der Waals surface area contributed by atoms with Gasteiger partial charge in [-0.05, 0) is 6.92 Å². The van der Waals surface area contributed by atoms with E-state index >= 15 is 0 Å². The fourth-order valence-corrected chi connectivity index (χ4v) is 3.29. The van der Waals surface area contributed by atoms with E-state index in [0.717, 1.165) is 12.8 Å². The van der Waals surface area contributed by atoms with E-state index in [-0.39, 0.29) is 50.7 Å². The molecule has 0 amide bonds. The van der Waals surface area contributed by atoms with Gasteiger partial charge in [0.25, 0.3) is 0 Å². The molecule has 0 heterocycles. The molecule has 0 spiro atoms. The van der Waals surface area contributed by atoms with Crippen molar-refractivity contribution in [3.05, 3.63) is 106 Å². The van der Waals surface area contributed by atoms with E-state index in [9.17, 15) is 0 Å². The first-order valence-corrected chi connectivity index (χ1v) is 9.65. The molecule has 0 atom stereocenters. The molecule has 3 heteroatoms. The molecule has 2 aliphatic rings. The van der Waals surface area contributed by atoms with E-state index in [0.29, 0.717) is 0 Å². The summed E-state index contributed by atoms with van der Waals surface area (Å²) in [5.74, 6) is 0. The van der Waals surface area contributed by atoms with Gasteiger partial charge in [0, 0.05) is 0 Å². The second-order valence-corrected chi connectivity index (χ2v) is 7.60. The number of aryl methyl sites for hydroxylation is 1. The van der Waals surface area contributed by atoms with E-state index in [1.54, 1.807) is 0 Å². The van der Waals surface area contributed by atoms with Crippen LogP contribution < -0.4 is 24.8 Å². The molecule has 0 aromatic heterocycles. The zero-order valence-corrected chi connectivity index (χ0v) is 23.5. The molecular weight excluding hydrogens is 574 g/mol. The van der Waals surface area contributed by atoms with Crippen LogP contribution in [0.1, 0.15) is 57.2 Å². The van der Waals surface area contributed by atoms with Crippen molar-refractivity contribution in [3.63, 3.8) is 0 Å². The maximum absolute atomic E-state index is 3.44. The first-order valence-electron chi connectivity index (χ1n) is 9.65. The molecule has 2 aliphatic carbocycles. The third kappa shape index (κ3) is 7.52. The average Bonchev–Trinajstić information content (AvgIpc) is 3.19. The topological polar surface area (TPSA) is 0 Å². The third-order valence-electron chi connectivity index (χ3n) is 5.36. The maximum Gasteiger partial charge on any atom is 4.00 e. The monoisotopic (exact) mass is 602 g/mol. The largest absolute Gasteiger partial charge is 4.00 e. The van der Waals surface area contributed by atoms with Gasteiger partial charge < -0.3 is 24.8 Å². The summed E-state index contributed by atoms with van der Waals surface area (Å²) in [5.41, 5.74) is 12.1. The molecule has 2 aromatic carbocycles. The molecule has 2 aromatic rings. The SMILES string of the molecule is CC1=C(C)CC(c2ccc(C)cc2)=[C-]1.CC1=C(C)CC(c2ccccc2)=[C-]1.[Cl-].[Cl-].[Hf+4]. The summed E-state index contributed by atoms with van der Waals surface area (Å²) in [4.78, 5) is 0. The van der Waals surface area contributed by atoms with Crippen LogP contribution in [0.4, 0.5) is 0 Å². The fraction of sp³-hybridized carbons (Fsp3) is 0.259. The van der Waals surface area contributed by atoms with Crippen LogP contribution in [0.5, 0.6) is 0 Å². The summed E-state index contributed by atoms with van der Waals surface area (Å²) >= 11 is 0. The number of allylic oxidation sites excluding steroid dienone is 8. The molecule has 30 heavy (non-hydrogen) atoms. The van der Waals surface area contributed by atoms with Gasteiger partial charge in [0.1, 0.15) is 0 Å². The van der Waals surface area contributed by atoms with Gasteiger partial charge in [-0.3, -0.25) is 0 Å². The quantitative estimate of drug-likeness (QED) is 0.362. The number of hydrogen-bond donors (Lipinski definition) is 0. The summed E-state index contributed by atoms with van der Waals surface area (Å²) in [7, 11) is 0. The molecule has 4 rings (SSSR count). The summed E-state index contributed by atoms with van der Waals surface area (Å²) < 4.78 is 0. The number of rotatable bonds is 2. The predicted octanol–water partition coefficient (Wildman–Crippen LogP) is 1.54. The minimum atomic E-state index is 0. The summed E-state index contributed by atoms with van der Waals surface area (Å²) in [6.07, 6.45) is 8.98. The van der Waals surface area contributed by atoms with Crippen molar-refractivity contribution < 1.29 is 50.7 Å². The third-order valence-corrected chi connectivity index (χ3v) is 5.36. The molecule has 0 radical (unpaired) electrons. The Morgan fingerprint density at radius 1 is 0.567 bits per heavy atom. The van der Waals surface area contributed by atoms with E-state index in [1.165, 1.54) is 50.1 Å². The standard InChI is InChI=1S/C14H15.C13H13.2ClH.Hf/c1-10-4-6-13(7-5-10)14-8-11(2)12(3)9-14;1-10-8-13(9-11(10)2)12-6-4-3-5-7-12;;;/h4-7H,8H2,1-3H3;3-7H,8H2,1-2H3;2*1H;/q2*-1;;;+4/p-2. The zero-order chi connectivity index (χ0) is 19.4. The molecule has 0 saturated heterocycles. The van der Waals surface area contributed by atoms with Crippen molar-refractivity contribution in [2.75, 3.05) is 0 Å². The molecule has 154 valence electrons. The van der Waals surface area contributed by atoms with Crippen molar-refractivity contribution >= 4 is 11.1 Å². The average molecular weight is 602 g/mol.